The van der Waals surface area contributed by atoms with E-state index >= 15 is 4.39 Å². The van der Waals surface area contributed by atoms with E-state index in [2.05, 4.69) is 13.0 Å². The highest BCUT2D eigenvalue weighted by Crippen LogP contribution is 2.34. The summed E-state index contributed by atoms with van der Waals surface area (Å²) in [6, 6.07) is 14.9. The summed E-state index contributed by atoms with van der Waals surface area (Å²) in [4.78, 5) is 0. The van der Waals surface area contributed by atoms with Crippen LogP contribution in [-0.2, 0) is 9.47 Å². The first kappa shape index (κ1) is 31.8. The van der Waals surface area contributed by atoms with Crippen molar-refractivity contribution in [3.8, 4) is 28.0 Å². The van der Waals surface area contributed by atoms with Crippen molar-refractivity contribution in [3.05, 3.63) is 89.8 Å². The number of benzene rings is 3. The molecular formula is C36H43F3O3. The summed E-state index contributed by atoms with van der Waals surface area (Å²) in [5.41, 5.74) is 2.48. The summed E-state index contributed by atoms with van der Waals surface area (Å²) in [5.74, 6) is -2.09. The molecule has 1 saturated heterocycles. The van der Waals surface area contributed by atoms with Gasteiger partial charge in [0.2, 0.25) is 5.82 Å². The standard InChI is InChI=1S/C36H43F3O3/c1-3-5-7-8-9-10-12-22-40-33-21-20-30(34(38)35(33)39)28-16-14-27(15-17-28)29-18-19-31(32(37)23-29)36-41-24-26(25-42-36)13-11-6-4-2/h4,6,14-21,23,26,36H,3,5,7-13,22,24-25H2,1-2H3/b6-4+. The van der Waals surface area contributed by atoms with Crippen LogP contribution in [0.15, 0.2) is 66.7 Å². The van der Waals surface area contributed by atoms with Gasteiger partial charge >= 0.3 is 0 Å². The molecule has 0 N–H and O–H groups in total. The predicted octanol–water partition coefficient (Wildman–Crippen LogP) is 10.6. The second-order valence-corrected chi connectivity index (χ2v) is 11.0. The smallest absolute Gasteiger partial charge is 0.201 e. The number of allylic oxidation sites excluding steroid dienone is 2. The van der Waals surface area contributed by atoms with Crippen LogP contribution in [0, 0.1) is 23.4 Å². The molecule has 0 bridgehead atoms. The van der Waals surface area contributed by atoms with Gasteiger partial charge in [-0.3, -0.25) is 0 Å². The van der Waals surface area contributed by atoms with Gasteiger partial charge in [0.1, 0.15) is 5.82 Å². The lowest BCUT2D eigenvalue weighted by atomic mass is 9.98. The minimum atomic E-state index is -0.978. The van der Waals surface area contributed by atoms with Crippen LogP contribution < -0.4 is 4.74 Å². The summed E-state index contributed by atoms with van der Waals surface area (Å²) >= 11 is 0. The van der Waals surface area contributed by atoms with E-state index in [0.29, 0.717) is 42.4 Å². The number of ether oxygens (including phenoxy) is 3. The lowest BCUT2D eigenvalue weighted by molar-refractivity contribution is -0.207. The van der Waals surface area contributed by atoms with Crippen LogP contribution in [0.2, 0.25) is 0 Å². The van der Waals surface area contributed by atoms with E-state index in [4.69, 9.17) is 14.2 Å². The lowest BCUT2D eigenvalue weighted by Gasteiger charge is -2.29. The van der Waals surface area contributed by atoms with E-state index in [1.807, 2.05) is 19.1 Å². The first-order valence-corrected chi connectivity index (χ1v) is 15.4. The number of rotatable bonds is 15. The minimum Gasteiger partial charge on any atom is -0.490 e. The molecule has 4 rings (SSSR count). The summed E-state index contributed by atoms with van der Waals surface area (Å²) in [6.45, 7) is 5.63. The third-order valence-corrected chi connectivity index (χ3v) is 7.78. The van der Waals surface area contributed by atoms with Gasteiger partial charge in [0.25, 0.3) is 0 Å². The van der Waals surface area contributed by atoms with Crippen LogP contribution in [0.3, 0.4) is 0 Å². The molecule has 226 valence electrons. The zero-order valence-electron chi connectivity index (χ0n) is 24.8. The molecule has 42 heavy (non-hydrogen) atoms. The third-order valence-electron chi connectivity index (χ3n) is 7.78. The molecule has 1 fully saturated rings. The molecule has 0 saturated carbocycles. The molecule has 1 aliphatic heterocycles. The van der Waals surface area contributed by atoms with Gasteiger partial charge < -0.3 is 14.2 Å². The Hall–Kier alpha value is -3.09. The van der Waals surface area contributed by atoms with E-state index in [1.54, 1.807) is 30.3 Å². The Morgan fingerprint density at radius 1 is 0.786 bits per heavy atom. The molecule has 0 aliphatic carbocycles. The highest BCUT2D eigenvalue weighted by Gasteiger charge is 2.25. The van der Waals surface area contributed by atoms with E-state index in [0.717, 1.165) is 37.7 Å². The van der Waals surface area contributed by atoms with Crippen molar-refractivity contribution in [3.63, 3.8) is 0 Å². The quantitative estimate of drug-likeness (QED) is 0.132. The van der Waals surface area contributed by atoms with E-state index in [9.17, 15) is 8.78 Å². The van der Waals surface area contributed by atoms with Crippen LogP contribution in [0.25, 0.3) is 22.3 Å². The second-order valence-electron chi connectivity index (χ2n) is 11.0. The largest absolute Gasteiger partial charge is 0.490 e. The molecule has 0 aromatic heterocycles. The minimum absolute atomic E-state index is 0.0653. The zero-order chi connectivity index (χ0) is 29.7. The molecule has 0 spiro atoms. The van der Waals surface area contributed by atoms with Gasteiger partial charge in [0.15, 0.2) is 17.9 Å². The monoisotopic (exact) mass is 580 g/mol. The van der Waals surface area contributed by atoms with Crippen molar-refractivity contribution < 1.29 is 27.4 Å². The maximum absolute atomic E-state index is 15.1. The Morgan fingerprint density at radius 3 is 2.14 bits per heavy atom. The average Bonchev–Trinajstić information content (AvgIpc) is 3.01. The molecule has 6 heteroatoms. The Kier molecular flexibility index (Phi) is 12.5. The van der Waals surface area contributed by atoms with Crippen molar-refractivity contribution in [2.45, 2.75) is 77.9 Å². The van der Waals surface area contributed by atoms with Gasteiger partial charge in [0, 0.05) is 17.0 Å². The normalized spacial score (nSPS) is 17.2. The second kappa shape index (κ2) is 16.5. The number of halogens is 3. The molecule has 3 aromatic rings. The number of hydrogen-bond acceptors (Lipinski definition) is 3. The fourth-order valence-corrected chi connectivity index (χ4v) is 5.24. The van der Waals surface area contributed by atoms with Crippen molar-refractivity contribution in [2.24, 2.45) is 5.92 Å². The SMILES string of the molecule is C/C=C/CCC1COC(c2ccc(-c3ccc(-c4ccc(OCCCCCCCCC)c(F)c4F)cc3)cc2F)OC1. The molecule has 0 radical (unpaired) electrons. The molecule has 0 unspecified atom stereocenters. The van der Waals surface area contributed by atoms with Crippen LogP contribution >= 0.6 is 0 Å². The first-order valence-electron chi connectivity index (χ1n) is 15.4. The van der Waals surface area contributed by atoms with E-state index in [1.165, 1.54) is 43.9 Å². The first-order chi connectivity index (χ1) is 20.5. The molecule has 1 aliphatic rings. The third kappa shape index (κ3) is 8.71. The molecular weight excluding hydrogens is 537 g/mol. The van der Waals surface area contributed by atoms with Crippen molar-refractivity contribution in [1.82, 2.24) is 0 Å². The molecule has 0 amide bonds. The van der Waals surface area contributed by atoms with E-state index in [-0.39, 0.29) is 11.3 Å². The summed E-state index contributed by atoms with van der Waals surface area (Å²) in [7, 11) is 0. The average molecular weight is 581 g/mol. The number of hydrogen-bond donors (Lipinski definition) is 0. The topological polar surface area (TPSA) is 27.7 Å². The Balaban J connectivity index is 1.33. The van der Waals surface area contributed by atoms with Crippen molar-refractivity contribution in [2.75, 3.05) is 19.8 Å². The van der Waals surface area contributed by atoms with Gasteiger partial charge in [-0.15, -0.1) is 0 Å². The van der Waals surface area contributed by atoms with E-state index < -0.39 is 23.7 Å². The van der Waals surface area contributed by atoms with Crippen LogP contribution in [-0.4, -0.2) is 19.8 Å². The van der Waals surface area contributed by atoms with Crippen molar-refractivity contribution >= 4 is 0 Å². The fraction of sp³-hybridized carbons (Fsp3) is 0.444. The van der Waals surface area contributed by atoms with Gasteiger partial charge in [-0.25, -0.2) is 8.78 Å². The Labute approximate surface area is 248 Å². The highest BCUT2D eigenvalue weighted by molar-refractivity contribution is 5.71. The maximum Gasteiger partial charge on any atom is 0.201 e. The zero-order valence-corrected chi connectivity index (χ0v) is 24.8. The summed E-state index contributed by atoms with van der Waals surface area (Å²) < 4.78 is 62.0. The Morgan fingerprint density at radius 2 is 1.45 bits per heavy atom. The predicted molar refractivity (Wildman–Crippen MR) is 163 cm³/mol. The number of unbranched alkanes of at least 4 members (excludes halogenated alkanes) is 6. The molecule has 3 aromatic carbocycles. The van der Waals surface area contributed by atoms with Crippen LogP contribution in [0.5, 0.6) is 5.75 Å². The summed E-state index contributed by atoms with van der Waals surface area (Å²) in [5, 5.41) is 0. The van der Waals surface area contributed by atoms with Gasteiger partial charge in [-0.2, -0.15) is 4.39 Å². The van der Waals surface area contributed by atoms with Gasteiger partial charge in [0.05, 0.1) is 19.8 Å². The van der Waals surface area contributed by atoms with Gasteiger partial charge in [-0.1, -0.05) is 94.0 Å². The highest BCUT2D eigenvalue weighted by atomic mass is 19.2. The lowest BCUT2D eigenvalue weighted by Crippen LogP contribution is -2.27. The maximum atomic E-state index is 15.1. The fourth-order valence-electron chi connectivity index (χ4n) is 5.24. The Bertz CT molecular complexity index is 1280. The van der Waals surface area contributed by atoms with Crippen LogP contribution in [0.4, 0.5) is 13.2 Å². The molecule has 1 heterocycles. The van der Waals surface area contributed by atoms with Crippen molar-refractivity contribution in [1.29, 1.82) is 0 Å². The molecule has 3 nitrogen and oxygen atoms in total. The molecule has 0 atom stereocenters. The van der Waals surface area contributed by atoms with Crippen LogP contribution in [0.1, 0.15) is 83.5 Å². The summed E-state index contributed by atoms with van der Waals surface area (Å²) in [6.07, 6.45) is 13.3. The van der Waals surface area contributed by atoms with Gasteiger partial charge in [-0.05, 0) is 61.1 Å².